The first kappa shape index (κ1) is 34.1. The van der Waals surface area contributed by atoms with Gasteiger partial charge >= 0.3 is 12.1 Å². The van der Waals surface area contributed by atoms with Gasteiger partial charge < -0.3 is 30.7 Å². The molecule has 37 heavy (non-hydrogen) atoms. The van der Waals surface area contributed by atoms with Crippen molar-refractivity contribution in [3.8, 4) is 0 Å². The van der Waals surface area contributed by atoms with Gasteiger partial charge in [-0.25, -0.2) is 4.79 Å². The van der Waals surface area contributed by atoms with Gasteiger partial charge in [-0.2, -0.15) is 0 Å². The third kappa shape index (κ3) is 11.8. The van der Waals surface area contributed by atoms with Crippen molar-refractivity contribution in [1.82, 2.24) is 21.3 Å². The summed E-state index contributed by atoms with van der Waals surface area (Å²) in [5.74, 6) is -1.44. The Balaban J connectivity index is 4.85. The predicted molar refractivity (Wildman–Crippen MR) is 140 cm³/mol. The Morgan fingerprint density at radius 3 is 1.11 bits per heavy atom. The Kier molecular flexibility index (Phi) is 11.6. The van der Waals surface area contributed by atoms with Crippen molar-refractivity contribution in [3.63, 3.8) is 0 Å². The predicted octanol–water partition coefficient (Wildman–Crippen LogP) is 2.14. The van der Waals surface area contributed by atoms with Crippen LogP contribution in [0.15, 0.2) is 0 Å². The van der Waals surface area contributed by atoms with Crippen LogP contribution in [0.2, 0.25) is 0 Å². The molecule has 0 radical (unpaired) electrons. The average molecular weight is 532 g/mol. The topological polar surface area (TPSA) is 152 Å². The lowest BCUT2D eigenvalue weighted by atomic mass is 9.90. The van der Waals surface area contributed by atoms with E-state index in [1.165, 1.54) is 7.11 Å². The third-order valence-electron chi connectivity index (χ3n) is 5.73. The van der Waals surface area contributed by atoms with E-state index in [4.69, 9.17) is 9.47 Å². The summed E-state index contributed by atoms with van der Waals surface area (Å²) in [5, 5.41) is 10.9. The molecule has 0 spiro atoms. The molecule has 0 saturated heterocycles. The molecule has 0 aromatic heterocycles. The molecule has 0 fully saturated rings. The molecule has 0 saturated carbocycles. The maximum Gasteiger partial charge on any atom is 0.407 e. The number of ether oxygens (including phenoxy) is 2. The second-order valence-electron chi connectivity index (χ2n) is 12.9. The molecule has 214 valence electrons. The molecule has 0 heterocycles. The summed E-state index contributed by atoms with van der Waals surface area (Å²) >= 11 is 0. The van der Waals surface area contributed by atoms with Gasteiger partial charge in [-0.3, -0.25) is 19.2 Å². The SMILES string of the molecule is COC(=O)C(C)(C)CN[13C](=O)C(C)(C)CNC(=O)C(C)(C)CNC(=O)C(C)(C)[13CH2][15NH]C(=O)OC(C)(C)C. The molecule has 0 atom stereocenters. The van der Waals surface area contributed by atoms with E-state index in [1.807, 2.05) is 0 Å². The summed E-state index contributed by atoms with van der Waals surface area (Å²) < 4.78 is 9.94. The minimum Gasteiger partial charge on any atom is -0.469 e. The molecule has 11 nitrogen and oxygen atoms in total. The first-order valence-electron chi connectivity index (χ1n) is 12.4. The van der Waals surface area contributed by atoms with Gasteiger partial charge in [-0.1, -0.05) is 0 Å². The van der Waals surface area contributed by atoms with Gasteiger partial charge in [0.15, 0.2) is 0 Å². The van der Waals surface area contributed by atoms with Crippen molar-refractivity contribution in [2.75, 3.05) is 33.3 Å². The zero-order valence-electron chi connectivity index (χ0n) is 24.7. The molecule has 0 aliphatic heterocycles. The van der Waals surface area contributed by atoms with E-state index in [2.05, 4.69) is 21.3 Å². The standard InChI is InChI=1S/C26H48N4O7/c1-22(2,3)37-21(35)30-15-25(8,9)19(33)28-13-23(4,5)17(31)27-14-24(6,7)18(32)29-16-26(10,11)20(34)36-12/h13-16H2,1-12H3,(H,27,31)(H,28,33)(H,29,32)(H,30,35)/i15+1,18+1,30+1. The highest BCUT2D eigenvalue weighted by atomic mass is 16.6. The van der Waals surface area contributed by atoms with Crippen molar-refractivity contribution in [3.05, 3.63) is 0 Å². The van der Waals surface area contributed by atoms with Crippen molar-refractivity contribution < 1.29 is 33.4 Å². The smallest absolute Gasteiger partial charge is 0.407 e. The van der Waals surface area contributed by atoms with Gasteiger partial charge in [0.25, 0.3) is 0 Å². The fraction of sp³-hybridized carbons (Fsp3) is 0.808. The van der Waals surface area contributed by atoms with Gasteiger partial charge in [-0.05, 0) is 76.2 Å². The Labute approximate surface area is 221 Å². The molecule has 0 aromatic carbocycles. The van der Waals surface area contributed by atoms with Crippen LogP contribution in [0.1, 0.15) is 76.2 Å². The maximum absolute atomic E-state index is 12.9. The molecule has 0 bridgehead atoms. The van der Waals surface area contributed by atoms with E-state index < -0.39 is 39.3 Å². The Hall–Kier alpha value is -2.85. The molecule has 0 aliphatic rings. The summed E-state index contributed by atoms with van der Waals surface area (Å²) in [5.41, 5.74) is -4.40. The first-order chi connectivity index (χ1) is 16.5. The van der Waals surface area contributed by atoms with Gasteiger partial charge in [-0.15, -0.1) is 0 Å². The van der Waals surface area contributed by atoms with Crippen LogP contribution in [0.3, 0.4) is 0 Å². The number of esters is 1. The molecule has 0 rings (SSSR count). The fourth-order valence-electron chi connectivity index (χ4n) is 2.82. The molecule has 4 N–H and O–H groups in total. The molecule has 0 aliphatic carbocycles. The summed E-state index contributed by atoms with van der Waals surface area (Å²) in [4.78, 5) is 62.0. The highest BCUT2D eigenvalue weighted by molar-refractivity contribution is 5.87. The monoisotopic (exact) mass is 531 g/mol. The summed E-state index contributed by atoms with van der Waals surface area (Å²) in [6.45, 7) is 18.9. The molecular formula is C26H48N4O7. The van der Waals surface area contributed by atoms with Gasteiger partial charge in [0, 0.05) is 26.2 Å². The number of methoxy groups -OCH3 is 1. The van der Waals surface area contributed by atoms with Gasteiger partial charge in [0.05, 0.1) is 28.8 Å². The molecule has 0 unspecified atom stereocenters. The lowest BCUT2D eigenvalue weighted by molar-refractivity contribution is -0.150. The van der Waals surface area contributed by atoms with Crippen molar-refractivity contribution in [1.29, 1.82) is 0 Å². The maximum atomic E-state index is 12.9. The van der Waals surface area contributed by atoms with Crippen LogP contribution in [-0.2, 0) is 28.7 Å². The fourth-order valence-corrected chi connectivity index (χ4v) is 2.82. The second-order valence-corrected chi connectivity index (χ2v) is 12.9. The molecule has 0 aromatic rings. The number of alkyl carbamates (subject to hydrolysis) is 1. The van der Waals surface area contributed by atoms with Gasteiger partial charge in [0.2, 0.25) is 17.7 Å². The summed E-state index contributed by atoms with van der Waals surface area (Å²) in [7, 11) is 1.29. The Morgan fingerprint density at radius 1 is 0.514 bits per heavy atom. The van der Waals surface area contributed by atoms with E-state index in [-0.39, 0.29) is 43.9 Å². The minimum atomic E-state index is -0.968. The lowest BCUT2D eigenvalue weighted by Gasteiger charge is -2.31. The number of carbonyl (C=O) groups excluding carboxylic acids is 5. The van der Waals surface area contributed by atoms with Crippen LogP contribution >= 0.6 is 0 Å². The number of amides is 4. The van der Waals surface area contributed by atoms with Crippen molar-refractivity contribution in [2.24, 2.45) is 21.7 Å². The number of hydrogen-bond acceptors (Lipinski definition) is 7. The van der Waals surface area contributed by atoms with Crippen LogP contribution in [-0.4, -0.2) is 68.7 Å². The van der Waals surface area contributed by atoms with Crippen LogP contribution in [0.4, 0.5) is 4.79 Å². The average Bonchev–Trinajstić information content (AvgIpc) is 2.76. The number of hydrogen-bond donors (Lipinski definition) is 4. The molecular weight excluding hydrogens is 483 g/mol. The van der Waals surface area contributed by atoms with E-state index >= 15 is 0 Å². The number of rotatable bonds is 12. The van der Waals surface area contributed by atoms with Crippen LogP contribution in [0.5, 0.6) is 0 Å². The van der Waals surface area contributed by atoms with Crippen LogP contribution < -0.4 is 21.3 Å². The van der Waals surface area contributed by atoms with E-state index in [0.29, 0.717) is 0 Å². The third-order valence-corrected chi connectivity index (χ3v) is 5.73. The van der Waals surface area contributed by atoms with Crippen LogP contribution in [0, 0.1) is 21.7 Å². The molecule has 4 amide bonds. The highest BCUT2D eigenvalue weighted by Gasteiger charge is 2.36. The molecule has 11 heteroatoms. The Bertz CT molecular complexity index is 855. The zero-order valence-corrected chi connectivity index (χ0v) is 24.7. The minimum absolute atomic E-state index is 0.0491. The quantitative estimate of drug-likeness (QED) is 0.171. The largest absolute Gasteiger partial charge is 0.469 e. The summed E-state index contributed by atoms with van der Waals surface area (Å²) in [6.07, 6.45) is -0.617. The van der Waals surface area contributed by atoms with E-state index in [9.17, 15) is 24.0 Å². The van der Waals surface area contributed by atoms with E-state index in [1.54, 1.807) is 76.2 Å². The first-order valence-corrected chi connectivity index (χ1v) is 12.4. The van der Waals surface area contributed by atoms with Crippen LogP contribution in [0.25, 0.3) is 0 Å². The lowest BCUT2D eigenvalue weighted by Crippen LogP contribution is -2.53. The summed E-state index contributed by atoms with van der Waals surface area (Å²) in [6, 6.07) is 0. The number of carbonyl (C=O) groups is 5. The number of nitrogens with one attached hydrogen (secondary N) is 4. The second kappa shape index (κ2) is 12.6. The zero-order chi connectivity index (χ0) is 29.5. The van der Waals surface area contributed by atoms with Gasteiger partial charge in [0.1, 0.15) is 5.60 Å². The van der Waals surface area contributed by atoms with E-state index in [0.717, 1.165) is 0 Å². The van der Waals surface area contributed by atoms with Crippen molar-refractivity contribution in [2.45, 2.75) is 81.8 Å². The highest BCUT2D eigenvalue weighted by Crippen LogP contribution is 2.21. The van der Waals surface area contributed by atoms with Crippen molar-refractivity contribution >= 4 is 29.8 Å². The Morgan fingerprint density at radius 2 is 0.811 bits per heavy atom. The normalized spacial score (nSPS) is 12.8.